The standard InChI is InChI=1S/C9H8FN3.ClH/c10-7-3-1-2-4-8(7)13-5-9(11)12-6-13;/h1-6H,11H2;1H. The summed E-state index contributed by atoms with van der Waals surface area (Å²) < 4.78 is 14.7. The van der Waals surface area contributed by atoms with Gasteiger partial charge in [0, 0.05) is 0 Å². The normalized spacial score (nSPS) is 9.50. The molecule has 5 heteroatoms. The summed E-state index contributed by atoms with van der Waals surface area (Å²) in [7, 11) is 0. The van der Waals surface area contributed by atoms with Crippen LogP contribution in [0, 0.1) is 5.82 Å². The number of hydrogen-bond donors (Lipinski definition) is 1. The second kappa shape index (κ2) is 4.11. The molecule has 3 nitrogen and oxygen atoms in total. The average Bonchev–Trinajstić information content (AvgIpc) is 2.53. The van der Waals surface area contributed by atoms with Crippen molar-refractivity contribution in [1.29, 1.82) is 0 Å². The minimum absolute atomic E-state index is 0. The van der Waals surface area contributed by atoms with Crippen LogP contribution in [-0.2, 0) is 0 Å². The van der Waals surface area contributed by atoms with Gasteiger partial charge in [-0.05, 0) is 12.1 Å². The number of hydrogen-bond acceptors (Lipinski definition) is 2. The van der Waals surface area contributed by atoms with Crippen LogP contribution >= 0.6 is 12.4 Å². The van der Waals surface area contributed by atoms with E-state index < -0.39 is 0 Å². The first-order valence-electron chi connectivity index (χ1n) is 3.82. The third-order valence-corrected chi connectivity index (χ3v) is 1.73. The van der Waals surface area contributed by atoms with Gasteiger partial charge >= 0.3 is 0 Å². The van der Waals surface area contributed by atoms with Gasteiger partial charge in [-0.15, -0.1) is 12.4 Å². The van der Waals surface area contributed by atoms with E-state index in [0.29, 0.717) is 11.5 Å². The van der Waals surface area contributed by atoms with Gasteiger partial charge in [0.1, 0.15) is 18.0 Å². The molecule has 2 N–H and O–H groups in total. The number of anilines is 1. The molecule has 1 heterocycles. The molecule has 74 valence electrons. The highest BCUT2D eigenvalue weighted by Gasteiger charge is 2.02. The third-order valence-electron chi connectivity index (χ3n) is 1.73. The Hall–Kier alpha value is -1.55. The van der Waals surface area contributed by atoms with E-state index in [1.165, 1.54) is 12.4 Å². The van der Waals surface area contributed by atoms with Crippen molar-refractivity contribution in [3.05, 3.63) is 42.6 Å². The Kier molecular flexibility index (Phi) is 3.09. The molecule has 0 aliphatic heterocycles. The summed E-state index contributed by atoms with van der Waals surface area (Å²) in [5.41, 5.74) is 5.86. The first-order chi connectivity index (χ1) is 6.27. The molecule has 0 spiro atoms. The van der Waals surface area contributed by atoms with Gasteiger partial charge < -0.3 is 10.3 Å². The number of para-hydroxylation sites is 1. The Morgan fingerprint density at radius 3 is 2.57 bits per heavy atom. The van der Waals surface area contributed by atoms with Gasteiger partial charge in [-0.2, -0.15) is 0 Å². The first kappa shape index (κ1) is 10.5. The second-order valence-corrected chi connectivity index (χ2v) is 2.66. The highest BCUT2D eigenvalue weighted by Crippen LogP contribution is 2.13. The fourth-order valence-electron chi connectivity index (χ4n) is 1.13. The summed E-state index contributed by atoms with van der Waals surface area (Å²) >= 11 is 0. The number of nitrogens with two attached hydrogens (primary N) is 1. The Bertz CT molecular complexity index is 428. The van der Waals surface area contributed by atoms with Crippen LogP contribution in [0.2, 0.25) is 0 Å². The summed E-state index contributed by atoms with van der Waals surface area (Å²) in [6, 6.07) is 6.45. The van der Waals surface area contributed by atoms with Crippen molar-refractivity contribution in [3.63, 3.8) is 0 Å². The fourth-order valence-corrected chi connectivity index (χ4v) is 1.13. The van der Waals surface area contributed by atoms with Gasteiger partial charge in [-0.3, -0.25) is 0 Å². The Balaban J connectivity index is 0.000000980. The smallest absolute Gasteiger partial charge is 0.147 e. The van der Waals surface area contributed by atoms with Crippen molar-refractivity contribution in [3.8, 4) is 5.69 Å². The van der Waals surface area contributed by atoms with E-state index in [1.54, 1.807) is 29.0 Å². The topological polar surface area (TPSA) is 43.8 Å². The van der Waals surface area contributed by atoms with Crippen LogP contribution in [0.1, 0.15) is 0 Å². The van der Waals surface area contributed by atoms with Crippen LogP contribution in [0.3, 0.4) is 0 Å². The van der Waals surface area contributed by atoms with Crippen LogP contribution < -0.4 is 5.73 Å². The van der Waals surface area contributed by atoms with Crippen molar-refractivity contribution in [2.45, 2.75) is 0 Å². The van der Waals surface area contributed by atoms with Crippen molar-refractivity contribution >= 4 is 18.2 Å². The van der Waals surface area contributed by atoms with Crippen LogP contribution in [0.4, 0.5) is 10.2 Å². The largest absolute Gasteiger partial charge is 0.382 e. The van der Waals surface area contributed by atoms with E-state index in [1.807, 2.05) is 0 Å². The molecule has 0 fully saturated rings. The SMILES string of the molecule is Cl.Nc1cn(-c2ccccc2F)cn1. The van der Waals surface area contributed by atoms with Gasteiger partial charge in [0.15, 0.2) is 0 Å². The lowest BCUT2D eigenvalue weighted by atomic mass is 10.3. The van der Waals surface area contributed by atoms with Gasteiger partial charge in [-0.25, -0.2) is 9.37 Å². The van der Waals surface area contributed by atoms with Gasteiger partial charge in [0.05, 0.1) is 11.9 Å². The lowest BCUT2D eigenvalue weighted by Gasteiger charge is -2.01. The molecule has 2 aromatic rings. The zero-order chi connectivity index (χ0) is 9.26. The minimum atomic E-state index is -0.292. The number of benzene rings is 1. The molecular weight excluding hydrogens is 205 g/mol. The number of rotatable bonds is 1. The van der Waals surface area contributed by atoms with E-state index >= 15 is 0 Å². The number of aromatic nitrogens is 2. The van der Waals surface area contributed by atoms with Gasteiger partial charge in [0.25, 0.3) is 0 Å². The molecule has 0 radical (unpaired) electrons. The maximum Gasteiger partial charge on any atom is 0.147 e. The molecule has 14 heavy (non-hydrogen) atoms. The van der Waals surface area contributed by atoms with Crippen LogP contribution in [0.25, 0.3) is 5.69 Å². The zero-order valence-electron chi connectivity index (χ0n) is 7.22. The molecule has 0 saturated carbocycles. The van der Waals surface area contributed by atoms with E-state index in [9.17, 15) is 4.39 Å². The molecule has 0 amide bonds. The minimum Gasteiger partial charge on any atom is -0.382 e. The van der Waals surface area contributed by atoms with Gasteiger partial charge in [-0.1, -0.05) is 12.1 Å². The summed E-state index contributed by atoms with van der Waals surface area (Å²) in [4.78, 5) is 3.81. The van der Waals surface area contributed by atoms with Crippen molar-refractivity contribution in [2.24, 2.45) is 0 Å². The summed E-state index contributed by atoms with van der Waals surface area (Å²) in [6.07, 6.45) is 3.05. The molecule has 0 atom stereocenters. The van der Waals surface area contributed by atoms with Crippen LogP contribution in [-0.4, -0.2) is 9.55 Å². The number of nitrogen functional groups attached to an aromatic ring is 1. The van der Waals surface area contributed by atoms with Crippen molar-refractivity contribution in [1.82, 2.24) is 9.55 Å². The number of halogens is 2. The Morgan fingerprint density at radius 2 is 2.00 bits per heavy atom. The van der Waals surface area contributed by atoms with E-state index in [-0.39, 0.29) is 18.2 Å². The summed E-state index contributed by atoms with van der Waals surface area (Å²) in [5.74, 6) is 0.0863. The van der Waals surface area contributed by atoms with E-state index in [4.69, 9.17) is 5.73 Å². The van der Waals surface area contributed by atoms with Crippen molar-refractivity contribution in [2.75, 3.05) is 5.73 Å². The predicted molar refractivity (Wildman–Crippen MR) is 55.2 cm³/mol. The Labute approximate surface area is 86.8 Å². The summed E-state index contributed by atoms with van der Waals surface area (Å²) in [5, 5.41) is 0. The highest BCUT2D eigenvalue weighted by molar-refractivity contribution is 5.85. The average molecular weight is 214 g/mol. The molecule has 1 aromatic carbocycles. The molecule has 0 unspecified atom stereocenters. The maximum absolute atomic E-state index is 13.2. The Morgan fingerprint density at radius 1 is 1.29 bits per heavy atom. The number of imidazole rings is 1. The summed E-state index contributed by atoms with van der Waals surface area (Å²) in [6.45, 7) is 0. The van der Waals surface area contributed by atoms with Crippen molar-refractivity contribution < 1.29 is 4.39 Å². The second-order valence-electron chi connectivity index (χ2n) is 2.66. The lowest BCUT2D eigenvalue weighted by Crippen LogP contribution is -1.93. The molecule has 0 aliphatic rings. The van der Waals surface area contributed by atoms with Crippen LogP contribution in [0.5, 0.6) is 0 Å². The molecule has 0 saturated heterocycles. The third kappa shape index (κ3) is 1.85. The maximum atomic E-state index is 13.2. The molecule has 2 rings (SSSR count). The van der Waals surface area contributed by atoms with E-state index in [0.717, 1.165) is 0 Å². The van der Waals surface area contributed by atoms with E-state index in [2.05, 4.69) is 4.98 Å². The molecule has 0 bridgehead atoms. The zero-order valence-corrected chi connectivity index (χ0v) is 8.04. The number of nitrogens with zero attached hydrogens (tertiary/aromatic N) is 2. The monoisotopic (exact) mass is 213 g/mol. The van der Waals surface area contributed by atoms with Gasteiger partial charge in [0.2, 0.25) is 0 Å². The fraction of sp³-hybridized carbons (Fsp3) is 0. The highest BCUT2D eigenvalue weighted by atomic mass is 35.5. The first-order valence-corrected chi connectivity index (χ1v) is 3.82. The molecule has 1 aromatic heterocycles. The van der Waals surface area contributed by atoms with Crippen LogP contribution in [0.15, 0.2) is 36.8 Å². The molecular formula is C9H9ClFN3. The quantitative estimate of drug-likeness (QED) is 0.788. The lowest BCUT2D eigenvalue weighted by molar-refractivity contribution is 0.618. The molecule has 0 aliphatic carbocycles. The predicted octanol–water partition coefficient (Wildman–Crippen LogP) is 2.02.